The summed E-state index contributed by atoms with van der Waals surface area (Å²) in [5.41, 5.74) is 5.65. The molecule has 1 saturated heterocycles. The lowest BCUT2D eigenvalue weighted by molar-refractivity contribution is -0.131. The molecule has 0 aromatic carbocycles. The zero-order valence-corrected chi connectivity index (χ0v) is 11.8. The second-order valence-electron chi connectivity index (χ2n) is 4.86. The number of rotatable bonds is 3. The predicted molar refractivity (Wildman–Crippen MR) is 76.3 cm³/mol. The minimum atomic E-state index is -0.0873. The van der Waals surface area contributed by atoms with Crippen molar-refractivity contribution < 1.29 is 4.79 Å². The summed E-state index contributed by atoms with van der Waals surface area (Å²) in [7, 11) is 0. The number of carbonyl (C=O) groups is 1. The molecule has 1 atom stereocenters. The molecule has 0 saturated carbocycles. The summed E-state index contributed by atoms with van der Waals surface area (Å²) < 4.78 is 0. The maximum Gasteiger partial charge on any atom is 0.224 e. The van der Waals surface area contributed by atoms with Crippen LogP contribution in [-0.2, 0) is 4.79 Å². The quantitative estimate of drug-likeness (QED) is 0.902. The number of amides is 1. The molecular weight excluding hydrogens is 264 g/mol. The average molecular weight is 283 g/mol. The third-order valence-corrected chi connectivity index (χ3v) is 3.46. The Morgan fingerprint density at radius 2 is 2.16 bits per heavy atom. The monoisotopic (exact) mass is 282 g/mol. The Labute approximate surface area is 118 Å². The smallest absolute Gasteiger partial charge is 0.224 e. The predicted octanol–water partition coefficient (Wildman–Crippen LogP) is 1.12. The Hall–Kier alpha value is -1.33. The van der Waals surface area contributed by atoms with E-state index in [1.54, 1.807) is 6.20 Å². The Bertz CT molecular complexity index is 444. The van der Waals surface area contributed by atoms with Crippen LogP contribution in [0.1, 0.15) is 13.3 Å². The number of aromatic nitrogens is 1. The van der Waals surface area contributed by atoms with Crippen LogP contribution in [0.2, 0.25) is 5.02 Å². The third-order valence-electron chi connectivity index (χ3n) is 3.17. The van der Waals surface area contributed by atoms with Gasteiger partial charge in [0.25, 0.3) is 0 Å². The molecule has 2 rings (SSSR count). The zero-order chi connectivity index (χ0) is 13.8. The summed E-state index contributed by atoms with van der Waals surface area (Å²) in [6.45, 7) is 4.74. The molecule has 5 nitrogen and oxygen atoms in total. The average Bonchev–Trinajstić information content (AvgIpc) is 2.39. The summed E-state index contributed by atoms with van der Waals surface area (Å²) in [4.78, 5) is 20.2. The van der Waals surface area contributed by atoms with Gasteiger partial charge in [0.05, 0.1) is 5.02 Å². The van der Waals surface area contributed by atoms with Crippen LogP contribution in [0.4, 0.5) is 5.82 Å². The van der Waals surface area contributed by atoms with E-state index < -0.39 is 0 Å². The molecule has 0 spiro atoms. The van der Waals surface area contributed by atoms with Crippen molar-refractivity contribution in [3.05, 3.63) is 23.4 Å². The van der Waals surface area contributed by atoms with Crippen molar-refractivity contribution >= 4 is 23.3 Å². The first-order valence-corrected chi connectivity index (χ1v) is 6.84. The molecule has 1 aromatic rings. The van der Waals surface area contributed by atoms with E-state index in [4.69, 9.17) is 17.3 Å². The molecule has 19 heavy (non-hydrogen) atoms. The first kappa shape index (κ1) is 14.1. The van der Waals surface area contributed by atoms with Crippen molar-refractivity contribution in [1.82, 2.24) is 9.88 Å². The lowest BCUT2D eigenvalue weighted by atomic mass is 10.2. The SMILES string of the molecule is CC(N)CC(=O)N1CCN(c2ncccc2Cl)CC1. The number of nitrogens with two attached hydrogens (primary N) is 1. The van der Waals surface area contributed by atoms with Gasteiger partial charge in [-0.3, -0.25) is 4.79 Å². The molecule has 104 valence electrons. The fourth-order valence-electron chi connectivity index (χ4n) is 2.18. The van der Waals surface area contributed by atoms with Gasteiger partial charge in [-0.05, 0) is 19.1 Å². The fraction of sp³-hybridized carbons (Fsp3) is 0.538. The van der Waals surface area contributed by atoms with E-state index in [0.717, 1.165) is 18.9 Å². The fourth-order valence-corrected chi connectivity index (χ4v) is 2.42. The number of carbonyl (C=O) groups excluding carboxylic acids is 1. The standard InChI is InChI=1S/C13H19ClN4O/c1-10(15)9-12(19)17-5-7-18(8-6-17)13-11(14)3-2-4-16-13/h2-4,10H,5-9,15H2,1H3. The molecule has 2 heterocycles. The van der Waals surface area contributed by atoms with Crippen LogP contribution in [0.25, 0.3) is 0 Å². The molecule has 2 N–H and O–H groups in total. The van der Waals surface area contributed by atoms with Gasteiger partial charge >= 0.3 is 0 Å². The molecule has 0 radical (unpaired) electrons. The minimum Gasteiger partial charge on any atom is -0.352 e. The number of nitrogens with zero attached hydrogens (tertiary/aromatic N) is 3. The number of hydrogen-bond acceptors (Lipinski definition) is 4. The van der Waals surface area contributed by atoms with E-state index in [9.17, 15) is 4.79 Å². The van der Waals surface area contributed by atoms with Crippen LogP contribution in [0.15, 0.2) is 18.3 Å². The van der Waals surface area contributed by atoms with Crippen LogP contribution in [0, 0.1) is 0 Å². The van der Waals surface area contributed by atoms with Crippen LogP contribution < -0.4 is 10.6 Å². The summed E-state index contributed by atoms with van der Waals surface area (Å²) in [6.07, 6.45) is 2.14. The van der Waals surface area contributed by atoms with E-state index in [1.807, 2.05) is 24.0 Å². The Kier molecular flexibility index (Phi) is 4.61. The van der Waals surface area contributed by atoms with Gasteiger partial charge in [-0.25, -0.2) is 4.98 Å². The van der Waals surface area contributed by atoms with Gasteiger partial charge in [0.15, 0.2) is 0 Å². The number of halogens is 1. The van der Waals surface area contributed by atoms with Crippen LogP contribution >= 0.6 is 11.6 Å². The molecule has 6 heteroatoms. The Morgan fingerprint density at radius 3 is 2.74 bits per heavy atom. The first-order valence-electron chi connectivity index (χ1n) is 6.46. The van der Waals surface area contributed by atoms with Crippen molar-refractivity contribution in [2.24, 2.45) is 5.73 Å². The summed E-state index contributed by atoms with van der Waals surface area (Å²) in [5.74, 6) is 0.922. The van der Waals surface area contributed by atoms with Gasteiger partial charge in [0, 0.05) is 44.8 Å². The van der Waals surface area contributed by atoms with Crippen LogP contribution in [0.5, 0.6) is 0 Å². The molecule has 1 fully saturated rings. The summed E-state index contributed by atoms with van der Waals surface area (Å²) in [6, 6.07) is 3.56. The highest BCUT2D eigenvalue weighted by Crippen LogP contribution is 2.23. The van der Waals surface area contributed by atoms with Crippen molar-refractivity contribution in [3.8, 4) is 0 Å². The van der Waals surface area contributed by atoms with Crippen LogP contribution in [0.3, 0.4) is 0 Å². The molecular formula is C13H19ClN4O. The van der Waals surface area contributed by atoms with Crippen molar-refractivity contribution in [1.29, 1.82) is 0 Å². The summed E-state index contributed by atoms with van der Waals surface area (Å²) in [5, 5.41) is 0.651. The third kappa shape index (κ3) is 3.58. The molecule has 0 bridgehead atoms. The largest absolute Gasteiger partial charge is 0.352 e. The van der Waals surface area contributed by atoms with E-state index >= 15 is 0 Å². The van der Waals surface area contributed by atoms with Gasteiger partial charge in [-0.15, -0.1) is 0 Å². The highest BCUT2D eigenvalue weighted by molar-refractivity contribution is 6.32. The second-order valence-corrected chi connectivity index (χ2v) is 5.27. The number of piperazine rings is 1. The Balaban J connectivity index is 1.93. The molecule has 0 aliphatic carbocycles. The number of anilines is 1. The lowest BCUT2D eigenvalue weighted by Crippen LogP contribution is -2.49. The maximum absolute atomic E-state index is 11.9. The lowest BCUT2D eigenvalue weighted by Gasteiger charge is -2.36. The van der Waals surface area contributed by atoms with Gasteiger partial charge in [-0.1, -0.05) is 11.6 Å². The van der Waals surface area contributed by atoms with Gasteiger partial charge in [-0.2, -0.15) is 0 Å². The van der Waals surface area contributed by atoms with E-state index in [-0.39, 0.29) is 11.9 Å². The van der Waals surface area contributed by atoms with Crippen molar-refractivity contribution in [2.75, 3.05) is 31.1 Å². The molecule has 1 aliphatic rings. The maximum atomic E-state index is 11.9. The van der Waals surface area contributed by atoms with Crippen molar-refractivity contribution in [2.45, 2.75) is 19.4 Å². The zero-order valence-electron chi connectivity index (χ0n) is 11.1. The van der Waals surface area contributed by atoms with E-state index in [0.29, 0.717) is 24.5 Å². The summed E-state index contributed by atoms with van der Waals surface area (Å²) >= 11 is 6.12. The van der Waals surface area contributed by atoms with Crippen LogP contribution in [-0.4, -0.2) is 48.0 Å². The minimum absolute atomic E-state index is 0.0873. The molecule has 1 amide bonds. The van der Waals surface area contributed by atoms with Gasteiger partial charge in [0.2, 0.25) is 5.91 Å². The Morgan fingerprint density at radius 1 is 1.47 bits per heavy atom. The normalized spacial score (nSPS) is 17.4. The second kappa shape index (κ2) is 6.21. The molecule has 1 unspecified atom stereocenters. The number of pyridine rings is 1. The molecule has 1 aliphatic heterocycles. The highest BCUT2D eigenvalue weighted by atomic mass is 35.5. The topological polar surface area (TPSA) is 62.5 Å². The van der Waals surface area contributed by atoms with Crippen molar-refractivity contribution in [3.63, 3.8) is 0 Å². The highest BCUT2D eigenvalue weighted by Gasteiger charge is 2.23. The van der Waals surface area contributed by atoms with E-state index in [1.165, 1.54) is 0 Å². The van der Waals surface area contributed by atoms with E-state index in [2.05, 4.69) is 9.88 Å². The van der Waals surface area contributed by atoms with Gasteiger partial charge < -0.3 is 15.5 Å². The van der Waals surface area contributed by atoms with Gasteiger partial charge in [0.1, 0.15) is 5.82 Å². The molecule has 1 aromatic heterocycles. The first-order chi connectivity index (χ1) is 9.08. The number of hydrogen-bond donors (Lipinski definition) is 1.